The molecule has 0 bridgehead atoms. The lowest BCUT2D eigenvalue weighted by atomic mass is 10.1. The molecule has 0 radical (unpaired) electrons. The minimum Gasteiger partial charge on any atom is -0.444 e. The number of alkyl carbamates (subject to hydrolysis) is 1. The number of thioether (sulfide) groups is 1. The maximum atomic E-state index is 12.8. The van der Waals surface area contributed by atoms with Crippen LogP contribution in [0.2, 0.25) is 0 Å². The van der Waals surface area contributed by atoms with Crippen LogP contribution in [0.15, 0.2) is 24.3 Å². The highest BCUT2D eigenvalue weighted by molar-refractivity contribution is 8.00. The van der Waals surface area contributed by atoms with Crippen molar-refractivity contribution in [1.29, 1.82) is 0 Å². The van der Waals surface area contributed by atoms with E-state index in [2.05, 4.69) is 10.6 Å². The first-order valence-electron chi connectivity index (χ1n) is 10.2. The summed E-state index contributed by atoms with van der Waals surface area (Å²) >= 11 is 1.49. The van der Waals surface area contributed by atoms with E-state index in [0.29, 0.717) is 18.7 Å². The number of nitrogens with one attached hydrogen (secondary N) is 2. The molecule has 0 saturated carbocycles. The highest BCUT2D eigenvalue weighted by Crippen LogP contribution is 2.38. The Hall–Kier alpha value is -2.82. The van der Waals surface area contributed by atoms with Gasteiger partial charge in [0.05, 0.1) is 9.79 Å². The van der Waals surface area contributed by atoms with Crippen LogP contribution in [-0.4, -0.2) is 63.1 Å². The number of non-ortho nitro benzene ring substituents is 1. The number of carbonyl (C=O) groups is 3. The second-order valence-corrected chi connectivity index (χ2v) is 10.5. The number of benzene rings is 1. The highest BCUT2D eigenvalue weighted by atomic mass is 32.2. The van der Waals surface area contributed by atoms with Crippen molar-refractivity contribution in [2.45, 2.75) is 57.6 Å². The standard InChI is InChI=1S/C21H30N4O6S/c1-20(2,3)31-19(28)23-12-17(26)24-16(13-32-21(24,4)5)18(27)22-11-10-14-6-8-15(9-7-14)25(29)30/h6-9,16H,10-13H2,1-5H3,(H,22,27)(H,23,28)/t16-/m0/s1. The van der Waals surface area contributed by atoms with Crippen LogP contribution >= 0.6 is 11.8 Å². The zero-order valence-electron chi connectivity index (χ0n) is 19.0. The molecular weight excluding hydrogens is 436 g/mol. The molecule has 0 aliphatic carbocycles. The normalized spacial score (nSPS) is 17.5. The van der Waals surface area contributed by atoms with Gasteiger partial charge < -0.3 is 20.3 Å². The van der Waals surface area contributed by atoms with E-state index in [-0.39, 0.29) is 24.0 Å². The van der Waals surface area contributed by atoms with Crippen LogP contribution in [0.5, 0.6) is 0 Å². The van der Waals surface area contributed by atoms with E-state index in [9.17, 15) is 24.5 Å². The van der Waals surface area contributed by atoms with Crippen LogP contribution < -0.4 is 10.6 Å². The molecule has 1 aromatic carbocycles. The minimum atomic E-state index is -0.695. The van der Waals surface area contributed by atoms with Crippen LogP contribution in [0.4, 0.5) is 10.5 Å². The van der Waals surface area contributed by atoms with Crippen LogP contribution in [-0.2, 0) is 20.7 Å². The number of hydrogen-bond donors (Lipinski definition) is 2. The van der Waals surface area contributed by atoms with E-state index < -0.39 is 27.5 Å². The Balaban J connectivity index is 1.92. The van der Waals surface area contributed by atoms with Crippen molar-refractivity contribution in [3.63, 3.8) is 0 Å². The van der Waals surface area contributed by atoms with Crippen molar-refractivity contribution in [2.24, 2.45) is 0 Å². The number of rotatable bonds is 7. The predicted molar refractivity (Wildman–Crippen MR) is 121 cm³/mol. The van der Waals surface area contributed by atoms with Crippen molar-refractivity contribution in [3.05, 3.63) is 39.9 Å². The SMILES string of the molecule is CC(C)(C)OC(=O)NCC(=O)N1[C@H](C(=O)NCCc2ccc([N+](=O)[O-])cc2)CSC1(C)C. The molecule has 11 heteroatoms. The summed E-state index contributed by atoms with van der Waals surface area (Å²) in [5.41, 5.74) is 0.186. The Morgan fingerprint density at radius 1 is 1.22 bits per heavy atom. The van der Waals surface area contributed by atoms with E-state index in [1.807, 2.05) is 13.8 Å². The molecule has 0 unspecified atom stereocenters. The Labute approximate surface area is 191 Å². The summed E-state index contributed by atoms with van der Waals surface area (Å²) in [5, 5.41) is 16.0. The third kappa shape index (κ3) is 7.11. The molecule has 2 N–H and O–H groups in total. The van der Waals surface area contributed by atoms with Crippen molar-refractivity contribution >= 4 is 35.4 Å². The van der Waals surface area contributed by atoms with Crippen LogP contribution in [0.3, 0.4) is 0 Å². The van der Waals surface area contributed by atoms with Gasteiger partial charge in [-0.25, -0.2) is 4.79 Å². The first-order valence-corrected chi connectivity index (χ1v) is 11.2. The van der Waals surface area contributed by atoms with Gasteiger partial charge in [-0.1, -0.05) is 12.1 Å². The summed E-state index contributed by atoms with van der Waals surface area (Å²) in [4.78, 5) is 48.6. The summed E-state index contributed by atoms with van der Waals surface area (Å²) in [6.45, 7) is 8.95. The van der Waals surface area contributed by atoms with Gasteiger partial charge in [-0.2, -0.15) is 0 Å². The first-order chi connectivity index (χ1) is 14.8. The summed E-state index contributed by atoms with van der Waals surface area (Å²) < 4.78 is 5.15. The fourth-order valence-electron chi connectivity index (χ4n) is 3.25. The van der Waals surface area contributed by atoms with Crippen molar-refractivity contribution in [1.82, 2.24) is 15.5 Å². The molecule has 2 rings (SSSR count). The van der Waals surface area contributed by atoms with E-state index in [4.69, 9.17) is 4.74 Å². The molecule has 1 atom stereocenters. The van der Waals surface area contributed by atoms with Crippen LogP contribution in [0.1, 0.15) is 40.2 Å². The molecule has 1 saturated heterocycles. The molecule has 1 aromatic rings. The molecule has 32 heavy (non-hydrogen) atoms. The molecule has 1 heterocycles. The topological polar surface area (TPSA) is 131 Å². The van der Waals surface area contributed by atoms with Crippen molar-refractivity contribution < 1.29 is 24.0 Å². The fraction of sp³-hybridized carbons (Fsp3) is 0.571. The van der Waals surface area contributed by atoms with Gasteiger partial charge in [0.25, 0.3) is 5.69 Å². The first kappa shape index (κ1) is 25.4. The Morgan fingerprint density at radius 3 is 2.41 bits per heavy atom. The predicted octanol–water partition coefficient (Wildman–Crippen LogP) is 2.46. The zero-order chi connectivity index (χ0) is 24.1. The number of ether oxygens (including phenoxy) is 1. The smallest absolute Gasteiger partial charge is 0.408 e. The molecular formula is C21H30N4O6S. The maximum absolute atomic E-state index is 12.8. The third-order valence-corrected chi connectivity index (χ3v) is 6.09. The van der Waals surface area contributed by atoms with Gasteiger partial charge in [-0.3, -0.25) is 19.7 Å². The lowest BCUT2D eigenvalue weighted by Crippen LogP contribution is -2.55. The second-order valence-electron chi connectivity index (χ2n) is 8.86. The van der Waals surface area contributed by atoms with Gasteiger partial charge in [-0.15, -0.1) is 11.8 Å². The number of nitro benzene ring substituents is 1. The van der Waals surface area contributed by atoms with Crippen molar-refractivity contribution in [2.75, 3.05) is 18.8 Å². The molecule has 3 amide bonds. The third-order valence-electron chi connectivity index (χ3n) is 4.70. The molecule has 1 aliphatic rings. The number of nitrogens with zero attached hydrogens (tertiary/aromatic N) is 2. The summed E-state index contributed by atoms with van der Waals surface area (Å²) in [6.07, 6.45) is -0.194. The van der Waals surface area contributed by atoms with Crippen molar-refractivity contribution in [3.8, 4) is 0 Å². The molecule has 10 nitrogen and oxygen atoms in total. The lowest BCUT2D eigenvalue weighted by molar-refractivity contribution is -0.384. The van der Waals surface area contributed by atoms with E-state index >= 15 is 0 Å². The maximum Gasteiger partial charge on any atom is 0.408 e. The molecule has 176 valence electrons. The molecule has 1 fully saturated rings. The summed E-state index contributed by atoms with van der Waals surface area (Å²) in [6, 6.07) is 5.48. The van der Waals surface area contributed by atoms with Crippen LogP contribution in [0, 0.1) is 10.1 Å². The summed E-state index contributed by atoms with van der Waals surface area (Å²) in [5.74, 6) is -0.217. The zero-order valence-corrected chi connectivity index (χ0v) is 19.8. The van der Waals surface area contributed by atoms with Crippen LogP contribution in [0.25, 0.3) is 0 Å². The van der Waals surface area contributed by atoms with E-state index in [1.165, 1.54) is 28.8 Å². The van der Waals surface area contributed by atoms with Gasteiger partial charge in [0.2, 0.25) is 11.8 Å². The molecule has 0 spiro atoms. The summed E-state index contributed by atoms with van der Waals surface area (Å²) in [7, 11) is 0. The van der Waals surface area contributed by atoms with Gasteiger partial charge in [-0.05, 0) is 46.6 Å². The number of hydrogen-bond acceptors (Lipinski definition) is 7. The Morgan fingerprint density at radius 2 is 1.84 bits per heavy atom. The van der Waals surface area contributed by atoms with Gasteiger partial charge in [0.1, 0.15) is 18.2 Å². The lowest BCUT2D eigenvalue weighted by Gasteiger charge is -2.34. The number of amides is 3. The molecule has 1 aliphatic heterocycles. The monoisotopic (exact) mass is 466 g/mol. The highest BCUT2D eigenvalue weighted by Gasteiger charge is 2.46. The largest absolute Gasteiger partial charge is 0.444 e. The van der Waals surface area contributed by atoms with Gasteiger partial charge in [0, 0.05) is 24.4 Å². The minimum absolute atomic E-state index is 0.0112. The van der Waals surface area contributed by atoms with E-state index in [1.54, 1.807) is 32.9 Å². The van der Waals surface area contributed by atoms with Gasteiger partial charge in [0.15, 0.2) is 0 Å². The van der Waals surface area contributed by atoms with E-state index in [0.717, 1.165) is 5.56 Å². The number of nitro groups is 1. The average Bonchev–Trinajstić information content (AvgIpc) is 3.00. The number of carbonyl (C=O) groups excluding carboxylic acids is 3. The Bertz CT molecular complexity index is 866. The fourth-order valence-corrected chi connectivity index (χ4v) is 4.48. The average molecular weight is 467 g/mol. The van der Waals surface area contributed by atoms with Gasteiger partial charge >= 0.3 is 6.09 Å². The second kappa shape index (κ2) is 10.2. The quantitative estimate of drug-likeness (QED) is 0.466. The Kier molecular flexibility index (Phi) is 8.11. The molecule has 0 aromatic heterocycles.